The first kappa shape index (κ1) is 21.0. The van der Waals surface area contributed by atoms with Crippen LogP contribution in [0.5, 0.6) is 5.75 Å². The molecule has 3 rings (SSSR count). The van der Waals surface area contributed by atoms with Gasteiger partial charge in [0.2, 0.25) is 0 Å². The minimum absolute atomic E-state index is 0.00806. The number of aromatic nitrogens is 3. The van der Waals surface area contributed by atoms with E-state index >= 15 is 0 Å². The fourth-order valence-electron chi connectivity index (χ4n) is 2.80. The highest BCUT2D eigenvalue weighted by Gasteiger charge is 2.20. The first-order chi connectivity index (χ1) is 14.1. The zero-order valence-corrected chi connectivity index (χ0v) is 17.1. The maximum absolute atomic E-state index is 13.8. The summed E-state index contributed by atoms with van der Waals surface area (Å²) in [5, 5.41) is 9.00. The number of ether oxygens (including phenoxy) is 2. The third-order valence-electron chi connectivity index (χ3n) is 4.21. The Morgan fingerprint density at radius 1 is 1.14 bits per heavy atom. The highest BCUT2D eigenvalue weighted by atomic mass is 32.2. The summed E-state index contributed by atoms with van der Waals surface area (Å²) in [6.45, 7) is 2.45. The lowest BCUT2D eigenvalue weighted by molar-refractivity contribution is 0.102. The van der Waals surface area contributed by atoms with Gasteiger partial charge in [-0.15, -0.1) is 10.2 Å². The van der Waals surface area contributed by atoms with Crippen LogP contribution < -0.4 is 4.74 Å². The first-order valence-electron chi connectivity index (χ1n) is 9.11. The van der Waals surface area contributed by atoms with Crippen molar-refractivity contribution in [3.8, 4) is 5.75 Å². The van der Waals surface area contributed by atoms with Crippen LogP contribution in [0.15, 0.2) is 59.8 Å². The van der Waals surface area contributed by atoms with Crippen LogP contribution in [-0.4, -0.2) is 40.0 Å². The fraction of sp³-hybridized carbons (Fsp3) is 0.286. The van der Waals surface area contributed by atoms with Crippen LogP contribution in [0, 0.1) is 5.82 Å². The Bertz CT molecular complexity index is 949. The van der Waals surface area contributed by atoms with E-state index in [1.54, 1.807) is 37.4 Å². The summed E-state index contributed by atoms with van der Waals surface area (Å²) < 4.78 is 26.5. The van der Waals surface area contributed by atoms with Gasteiger partial charge in [0.05, 0.1) is 18.4 Å². The molecule has 0 aliphatic heterocycles. The molecule has 0 unspecified atom stereocenters. The van der Waals surface area contributed by atoms with Crippen LogP contribution >= 0.6 is 11.8 Å². The highest BCUT2D eigenvalue weighted by Crippen LogP contribution is 2.24. The minimum Gasteiger partial charge on any atom is -0.483 e. The molecular formula is C21H22FN3O3S. The molecular weight excluding hydrogens is 393 g/mol. The standard InChI is InChI=1S/C21H22FN3O3S/c1-15(12-27-2)25-20(13-28-19-11-7-6-10-17(19)22)23-24-21(25)29-14-18(26)16-8-4-3-5-9-16/h3-11,15H,12-14H2,1-2H3/t15-/m0/s1. The van der Waals surface area contributed by atoms with Crippen molar-refractivity contribution in [1.82, 2.24) is 14.8 Å². The molecule has 0 aliphatic rings. The summed E-state index contributed by atoms with van der Waals surface area (Å²) in [6, 6.07) is 15.2. The van der Waals surface area contributed by atoms with Gasteiger partial charge in [0.1, 0.15) is 6.61 Å². The lowest BCUT2D eigenvalue weighted by atomic mass is 10.2. The normalized spacial score (nSPS) is 12.0. The van der Waals surface area contributed by atoms with Crippen molar-refractivity contribution in [1.29, 1.82) is 0 Å². The van der Waals surface area contributed by atoms with Crippen LogP contribution in [0.2, 0.25) is 0 Å². The van der Waals surface area contributed by atoms with Crippen molar-refractivity contribution in [2.24, 2.45) is 0 Å². The van der Waals surface area contributed by atoms with Crippen LogP contribution in [0.25, 0.3) is 0 Å². The van der Waals surface area contributed by atoms with Crippen molar-refractivity contribution >= 4 is 17.5 Å². The average Bonchev–Trinajstić information content (AvgIpc) is 3.15. The number of benzene rings is 2. The van der Waals surface area contributed by atoms with Gasteiger partial charge in [-0.25, -0.2) is 4.39 Å². The molecule has 0 saturated heterocycles. The quantitative estimate of drug-likeness (QED) is 0.366. The van der Waals surface area contributed by atoms with E-state index in [9.17, 15) is 9.18 Å². The minimum atomic E-state index is -0.438. The number of Topliss-reactive ketones (excluding diaryl/α,β-unsaturated/α-hetero) is 1. The summed E-state index contributed by atoms with van der Waals surface area (Å²) in [5.74, 6) is 0.485. The van der Waals surface area contributed by atoms with Crippen LogP contribution in [0.4, 0.5) is 4.39 Å². The van der Waals surface area contributed by atoms with Crippen LogP contribution in [0.3, 0.4) is 0 Å². The smallest absolute Gasteiger partial charge is 0.192 e. The zero-order chi connectivity index (χ0) is 20.6. The molecule has 8 heteroatoms. The molecule has 0 bridgehead atoms. The van der Waals surface area contributed by atoms with Gasteiger partial charge in [0.15, 0.2) is 28.3 Å². The zero-order valence-electron chi connectivity index (χ0n) is 16.2. The summed E-state index contributed by atoms with van der Waals surface area (Å²) in [6.07, 6.45) is 0. The Balaban J connectivity index is 1.74. The number of methoxy groups -OCH3 is 1. The third kappa shape index (κ3) is 5.42. The van der Waals surface area contributed by atoms with Crippen LogP contribution in [-0.2, 0) is 11.3 Å². The van der Waals surface area contributed by atoms with Crippen molar-refractivity contribution in [2.75, 3.05) is 19.5 Å². The first-order valence-corrected chi connectivity index (χ1v) is 10.1. The molecule has 1 atom stereocenters. The molecule has 29 heavy (non-hydrogen) atoms. The van der Waals surface area contributed by atoms with E-state index in [0.29, 0.717) is 23.2 Å². The van der Waals surface area contributed by atoms with Crippen molar-refractivity contribution < 1.29 is 18.7 Å². The number of para-hydroxylation sites is 1. The Morgan fingerprint density at radius 2 is 1.86 bits per heavy atom. The van der Waals surface area contributed by atoms with Crippen molar-refractivity contribution in [3.63, 3.8) is 0 Å². The average molecular weight is 415 g/mol. The maximum atomic E-state index is 13.8. The molecule has 0 aliphatic carbocycles. The van der Waals surface area contributed by atoms with E-state index in [1.165, 1.54) is 17.8 Å². The van der Waals surface area contributed by atoms with Crippen LogP contribution in [0.1, 0.15) is 29.1 Å². The van der Waals surface area contributed by atoms with Gasteiger partial charge in [-0.3, -0.25) is 9.36 Å². The van der Waals surface area contributed by atoms with Gasteiger partial charge >= 0.3 is 0 Å². The molecule has 152 valence electrons. The lowest BCUT2D eigenvalue weighted by Gasteiger charge is -2.17. The molecule has 6 nitrogen and oxygen atoms in total. The van der Waals surface area contributed by atoms with E-state index in [4.69, 9.17) is 9.47 Å². The molecule has 1 heterocycles. The lowest BCUT2D eigenvalue weighted by Crippen LogP contribution is -2.17. The fourth-order valence-corrected chi connectivity index (χ4v) is 3.75. The molecule has 0 radical (unpaired) electrons. The van der Waals surface area contributed by atoms with E-state index in [1.807, 2.05) is 29.7 Å². The third-order valence-corrected chi connectivity index (χ3v) is 5.15. The summed E-state index contributed by atoms with van der Waals surface area (Å²) in [7, 11) is 1.61. The monoisotopic (exact) mass is 415 g/mol. The number of rotatable bonds is 10. The predicted octanol–water partition coefficient (Wildman–Crippen LogP) is 4.18. The number of halogens is 1. The number of carbonyl (C=O) groups excluding carboxylic acids is 1. The summed E-state index contributed by atoms with van der Waals surface area (Å²) in [5.41, 5.74) is 0.652. The molecule has 0 amide bonds. The Labute approximate surface area is 173 Å². The number of hydrogen-bond donors (Lipinski definition) is 0. The Hall–Kier alpha value is -2.71. The molecule has 0 saturated carbocycles. The number of hydrogen-bond acceptors (Lipinski definition) is 6. The SMILES string of the molecule is COC[C@H](C)n1c(COc2ccccc2F)nnc1SCC(=O)c1ccccc1. The molecule has 0 N–H and O–H groups in total. The van der Waals surface area contributed by atoms with Gasteiger partial charge in [0, 0.05) is 12.7 Å². The summed E-state index contributed by atoms with van der Waals surface area (Å²) in [4.78, 5) is 12.4. The molecule has 0 fully saturated rings. The van der Waals surface area contributed by atoms with E-state index in [0.717, 1.165) is 0 Å². The summed E-state index contributed by atoms with van der Waals surface area (Å²) >= 11 is 1.30. The van der Waals surface area contributed by atoms with Gasteiger partial charge in [-0.1, -0.05) is 54.2 Å². The Kier molecular flexibility index (Phi) is 7.37. The molecule has 0 spiro atoms. The second-order valence-corrected chi connectivity index (χ2v) is 7.31. The Morgan fingerprint density at radius 3 is 2.59 bits per heavy atom. The highest BCUT2D eigenvalue weighted by molar-refractivity contribution is 7.99. The molecule has 3 aromatic rings. The predicted molar refractivity (Wildman–Crippen MR) is 109 cm³/mol. The number of thioether (sulfide) groups is 1. The second kappa shape index (κ2) is 10.2. The molecule has 1 aromatic heterocycles. The topological polar surface area (TPSA) is 66.2 Å². The number of carbonyl (C=O) groups is 1. The van der Waals surface area contributed by atoms with Crippen molar-refractivity contribution in [3.05, 3.63) is 71.8 Å². The van der Waals surface area contributed by atoms with Crippen molar-refractivity contribution in [2.45, 2.75) is 24.7 Å². The second-order valence-electron chi connectivity index (χ2n) is 6.37. The van der Waals surface area contributed by atoms with Gasteiger partial charge in [-0.2, -0.15) is 0 Å². The van der Waals surface area contributed by atoms with Gasteiger partial charge in [-0.05, 0) is 19.1 Å². The van der Waals surface area contributed by atoms with E-state index < -0.39 is 5.82 Å². The number of ketones is 1. The maximum Gasteiger partial charge on any atom is 0.192 e. The number of nitrogens with zero attached hydrogens (tertiary/aromatic N) is 3. The van der Waals surface area contributed by atoms with Gasteiger partial charge in [0.25, 0.3) is 0 Å². The van der Waals surface area contributed by atoms with E-state index in [2.05, 4.69) is 10.2 Å². The van der Waals surface area contributed by atoms with Gasteiger partial charge < -0.3 is 9.47 Å². The van der Waals surface area contributed by atoms with E-state index in [-0.39, 0.29) is 29.9 Å². The largest absolute Gasteiger partial charge is 0.483 e. The molecule has 2 aromatic carbocycles.